The molecule has 0 saturated carbocycles. The van der Waals surface area contributed by atoms with Crippen LogP contribution in [0.3, 0.4) is 0 Å². The van der Waals surface area contributed by atoms with E-state index in [0.717, 1.165) is 11.3 Å². The minimum absolute atomic E-state index is 0.228. The van der Waals surface area contributed by atoms with E-state index in [1.54, 1.807) is 24.4 Å². The second-order valence-electron chi connectivity index (χ2n) is 4.31. The monoisotopic (exact) mass is 256 g/mol. The van der Waals surface area contributed by atoms with Crippen LogP contribution in [0.5, 0.6) is 0 Å². The van der Waals surface area contributed by atoms with Gasteiger partial charge in [-0.3, -0.25) is 4.98 Å². The SMILES string of the molecule is CC(N)c1nccc(-c2ccc3[nH]c(=O)oc3c2)n1. The standard InChI is InChI=1S/C13H12N4O2/c1-7(14)12-15-5-4-9(16-12)8-2-3-10-11(6-8)19-13(18)17-10/h2-7H,14H2,1H3,(H,17,18). The highest BCUT2D eigenvalue weighted by molar-refractivity contribution is 5.78. The Kier molecular flexibility index (Phi) is 2.64. The summed E-state index contributed by atoms with van der Waals surface area (Å²) in [7, 11) is 0. The van der Waals surface area contributed by atoms with E-state index in [2.05, 4.69) is 15.0 Å². The van der Waals surface area contributed by atoms with E-state index in [1.165, 1.54) is 0 Å². The Morgan fingerprint density at radius 2 is 2.21 bits per heavy atom. The first kappa shape index (κ1) is 11.6. The van der Waals surface area contributed by atoms with Crippen LogP contribution in [0.15, 0.2) is 39.7 Å². The Morgan fingerprint density at radius 1 is 1.37 bits per heavy atom. The quantitative estimate of drug-likeness (QED) is 0.725. The van der Waals surface area contributed by atoms with Crippen LogP contribution in [0, 0.1) is 0 Å². The number of aromatic nitrogens is 3. The van der Waals surface area contributed by atoms with Gasteiger partial charge in [0.2, 0.25) is 0 Å². The third kappa shape index (κ3) is 2.13. The highest BCUT2D eigenvalue weighted by Crippen LogP contribution is 2.21. The summed E-state index contributed by atoms with van der Waals surface area (Å²) >= 11 is 0. The zero-order valence-corrected chi connectivity index (χ0v) is 10.3. The van der Waals surface area contributed by atoms with Gasteiger partial charge in [0.25, 0.3) is 0 Å². The Morgan fingerprint density at radius 3 is 3.00 bits per heavy atom. The third-order valence-electron chi connectivity index (χ3n) is 2.80. The van der Waals surface area contributed by atoms with Crippen molar-refractivity contribution in [2.24, 2.45) is 5.73 Å². The molecule has 2 aromatic heterocycles. The molecular weight excluding hydrogens is 244 g/mol. The van der Waals surface area contributed by atoms with Crippen LogP contribution in [0.2, 0.25) is 0 Å². The molecule has 0 spiro atoms. The van der Waals surface area contributed by atoms with Crippen molar-refractivity contribution in [3.8, 4) is 11.3 Å². The number of hydrogen-bond acceptors (Lipinski definition) is 5. The van der Waals surface area contributed by atoms with Crippen molar-refractivity contribution in [3.63, 3.8) is 0 Å². The Labute approximate surface area is 108 Å². The molecule has 0 bridgehead atoms. The molecule has 1 atom stereocenters. The van der Waals surface area contributed by atoms with Gasteiger partial charge in [-0.25, -0.2) is 14.8 Å². The van der Waals surface area contributed by atoms with E-state index in [-0.39, 0.29) is 6.04 Å². The predicted molar refractivity (Wildman–Crippen MR) is 70.5 cm³/mol. The molecule has 6 heteroatoms. The van der Waals surface area contributed by atoms with Gasteiger partial charge >= 0.3 is 5.76 Å². The summed E-state index contributed by atoms with van der Waals surface area (Å²) in [4.78, 5) is 22.2. The predicted octanol–water partition coefficient (Wildman–Crippen LogP) is 1.60. The molecule has 2 heterocycles. The van der Waals surface area contributed by atoms with Gasteiger partial charge in [-0.2, -0.15) is 0 Å². The van der Waals surface area contributed by atoms with Crippen molar-refractivity contribution in [1.29, 1.82) is 0 Å². The van der Waals surface area contributed by atoms with Gasteiger partial charge in [-0.1, -0.05) is 6.07 Å². The lowest BCUT2D eigenvalue weighted by atomic mass is 10.1. The second-order valence-corrected chi connectivity index (χ2v) is 4.31. The van der Waals surface area contributed by atoms with Crippen molar-refractivity contribution >= 4 is 11.1 Å². The number of benzene rings is 1. The fourth-order valence-corrected chi connectivity index (χ4v) is 1.86. The van der Waals surface area contributed by atoms with Crippen LogP contribution >= 0.6 is 0 Å². The molecular formula is C13H12N4O2. The maximum absolute atomic E-state index is 11.1. The van der Waals surface area contributed by atoms with Gasteiger partial charge in [0.05, 0.1) is 17.3 Å². The molecule has 3 rings (SSSR count). The number of nitrogens with zero attached hydrogens (tertiary/aromatic N) is 2. The molecule has 0 saturated heterocycles. The highest BCUT2D eigenvalue weighted by atomic mass is 16.4. The summed E-state index contributed by atoms with van der Waals surface area (Å²) in [6.45, 7) is 1.83. The highest BCUT2D eigenvalue weighted by Gasteiger charge is 2.08. The average molecular weight is 256 g/mol. The first-order valence-corrected chi connectivity index (χ1v) is 5.85. The Balaban J connectivity index is 2.12. The molecule has 0 aliphatic carbocycles. The van der Waals surface area contributed by atoms with E-state index < -0.39 is 5.76 Å². The van der Waals surface area contributed by atoms with Gasteiger partial charge in [0.15, 0.2) is 5.58 Å². The van der Waals surface area contributed by atoms with Crippen molar-refractivity contribution in [2.45, 2.75) is 13.0 Å². The van der Waals surface area contributed by atoms with E-state index >= 15 is 0 Å². The Hall–Kier alpha value is -2.47. The van der Waals surface area contributed by atoms with Crippen molar-refractivity contribution in [1.82, 2.24) is 15.0 Å². The molecule has 1 aromatic carbocycles. The second kappa shape index (κ2) is 4.33. The molecule has 6 nitrogen and oxygen atoms in total. The summed E-state index contributed by atoms with van der Waals surface area (Å²) < 4.78 is 5.03. The minimum Gasteiger partial charge on any atom is -0.408 e. The largest absolute Gasteiger partial charge is 0.417 e. The maximum atomic E-state index is 11.1. The van der Waals surface area contributed by atoms with E-state index in [1.807, 2.05) is 13.0 Å². The van der Waals surface area contributed by atoms with Crippen LogP contribution in [-0.2, 0) is 0 Å². The molecule has 0 fully saturated rings. The van der Waals surface area contributed by atoms with Crippen molar-refractivity contribution in [2.75, 3.05) is 0 Å². The van der Waals surface area contributed by atoms with Gasteiger partial charge in [0.1, 0.15) is 5.82 Å². The molecule has 0 aliphatic rings. The fraction of sp³-hybridized carbons (Fsp3) is 0.154. The summed E-state index contributed by atoms with van der Waals surface area (Å²) in [5, 5.41) is 0. The smallest absolute Gasteiger partial charge is 0.408 e. The molecule has 3 N–H and O–H groups in total. The molecule has 0 amide bonds. The lowest BCUT2D eigenvalue weighted by Gasteiger charge is -2.06. The number of nitrogens with two attached hydrogens (primary N) is 1. The normalized spacial score (nSPS) is 12.7. The van der Waals surface area contributed by atoms with Gasteiger partial charge in [-0.05, 0) is 25.1 Å². The average Bonchev–Trinajstić information content (AvgIpc) is 2.77. The van der Waals surface area contributed by atoms with Crippen LogP contribution in [-0.4, -0.2) is 15.0 Å². The first-order valence-electron chi connectivity index (χ1n) is 5.85. The minimum atomic E-state index is -0.467. The van der Waals surface area contributed by atoms with Crippen LogP contribution in [0.1, 0.15) is 18.8 Å². The van der Waals surface area contributed by atoms with Gasteiger partial charge in [-0.15, -0.1) is 0 Å². The van der Waals surface area contributed by atoms with E-state index in [4.69, 9.17) is 10.2 Å². The number of nitrogens with one attached hydrogen (secondary N) is 1. The summed E-state index contributed by atoms with van der Waals surface area (Å²) in [6.07, 6.45) is 1.67. The van der Waals surface area contributed by atoms with Crippen LogP contribution < -0.4 is 11.5 Å². The molecule has 3 aromatic rings. The molecule has 0 aliphatic heterocycles. The number of fused-ring (bicyclic) bond motifs is 1. The van der Waals surface area contributed by atoms with Crippen LogP contribution in [0.4, 0.5) is 0 Å². The molecule has 96 valence electrons. The maximum Gasteiger partial charge on any atom is 0.417 e. The van der Waals surface area contributed by atoms with Gasteiger partial charge in [0, 0.05) is 11.8 Å². The first-order chi connectivity index (χ1) is 9.13. The number of hydrogen-bond donors (Lipinski definition) is 2. The third-order valence-corrected chi connectivity index (χ3v) is 2.80. The Bertz CT molecular complexity index is 788. The van der Waals surface area contributed by atoms with Gasteiger partial charge < -0.3 is 10.2 Å². The summed E-state index contributed by atoms with van der Waals surface area (Å²) in [6, 6.07) is 6.97. The van der Waals surface area contributed by atoms with E-state index in [0.29, 0.717) is 16.9 Å². The van der Waals surface area contributed by atoms with Crippen LogP contribution in [0.25, 0.3) is 22.4 Å². The van der Waals surface area contributed by atoms with E-state index in [9.17, 15) is 4.79 Å². The zero-order valence-electron chi connectivity index (χ0n) is 10.3. The molecule has 19 heavy (non-hydrogen) atoms. The number of H-pyrrole nitrogens is 1. The van der Waals surface area contributed by atoms with Crippen molar-refractivity contribution < 1.29 is 4.42 Å². The summed E-state index contributed by atoms with van der Waals surface area (Å²) in [5.41, 5.74) is 8.52. The number of aromatic amines is 1. The zero-order chi connectivity index (χ0) is 13.4. The lowest BCUT2D eigenvalue weighted by molar-refractivity contribution is 0.555. The molecule has 0 radical (unpaired) electrons. The number of oxazole rings is 1. The number of rotatable bonds is 2. The fourth-order valence-electron chi connectivity index (χ4n) is 1.86. The topological polar surface area (TPSA) is 97.8 Å². The summed E-state index contributed by atoms with van der Waals surface area (Å²) in [5.74, 6) is 0.110. The molecule has 1 unspecified atom stereocenters. The van der Waals surface area contributed by atoms with Crippen molar-refractivity contribution in [3.05, 3.63) is 46.8 Å². The lowest BCUT2D eigenvalue weighted by Crippen LogP contribution is -2.09.